The van der Waals surface area contributed by atoms with Gasteiger partial charge in [0, 0.05) is 0 Å². The molecule has 0 radical (unpaired) electrons. The number of aliphatic hydroxyl groups is 4. The molecule has 11 atom stereocenters. The molecule has 8 nitrogen and oxygen atoms in total. The Hall–Kier alpha value is -1.48. The molecule has 0 saturated heterocycles. The van der Waals surface area contributed by atoms with Crippen LogP contribution < -0.4 is 0 Å². The first-order valence-electron chi connectivity index (χ1n) is 15.1. The van der Waals surface area contributed by atoms with Crippen LogP contribution in [-0.4, -0.2) is 71.5 Å². The molecule has 8 heteroatoms. The Morgan fingerprint density at radius 2 is 1.55 bits per heavy atom. The van der Waals surface area contributed by atoms with Crippen LogP contribution in [0.2, 0.25) is 0 Å². The van der Waals surface area contributed by atoms with Crippen molar-refractivity contribution in [3.05, 3.63) is 11.6 Å². The van der Waals surface area contributed by atoms with Crippen molar-refractivity contribution in [2.75, 3.05) is 20.8 Å². The molecule has 0 aliphatic heterocycles. The predicted octanol–water partition coefficient (Wildman–Crippen LogP) is 3.39. The molecule has 4 fully saturated rings. The number of hydrogen-bond acceptors (Lipinski definition) is 8. The van der Waals surface area contributed by atoms with Gasteiger partial charge in [-0.1, -0.05) is 46.3 Å². The lowest BCUT2D eigenvalue weighted by Gasteiger charge is -2.71. The molecule has 0 unspecified atom stereocenters. The molecule has 0 spiro atoms. The molecule has 0 aromatic carbocycles. The summed E-state index contributed by atoms with van der Waals surface area (Å²) in [5.74, 6) is -1.50. The number of fused-ring (bicyclic) bond motifs is 7. The summed E-state index contributed by atoms with van der Waals surface area (Å²) < 4.78 is 10.5. The molecule has 5 rings (SSSR count). The Labute approximate surface area is 238 Å². The van der Waals surface area contributed by atoms with Crippen molar-refractivity contribution >= 4 is 11.9 Å². The minimum Gasteiger partial charge on any atom is -0.468 e. The van der Waals surface area contributed by atoms with Gasteiger partial charge in [-0.3, -0.25) is 9.59 Å². The first-order valence-corrected chi connectivity index (χ1v) is 15.1. The van der Waals surface area contributed by atoms with Gasteiger partial charge < -0.3 is 29.9 Å². The number of carbonyl (C=O) groups is 2. The lowest BCUT2D eigenvalue weighted by Crippen LogP contribution is -2.71. The lowest BCUT2D eigenvalue weighted by atomic mass is 9.33. The van der Waals surface area contributed by atoms with E-state index in [0.717, 1.165) is 19.3 Å². The summed E-state index contributed by atoms with van der Waals surface area (Å²) in [4.78, 5) is 26.7. The molecule has 5 aliphatic rings. The summed E-state index contributed by atoms with van der Waals surface area (Å²) in [6, 6.07) is 0. The van der Waals surface area contributed by atoms with Crippen molar-refractivity contribution in [1.82, 2.24) is 0 Å². The van der Waals surface area contributed by atoms with Gasteiger partial charge in [0.15, 0.2) is 0 Å². The van der Waals surface area contributed by atoms with Crippen LogP contribution in [0.25, 0.3) is 0 Å². The van der Waals surface area contributed by atoms with Crippen LogP contribution in [0.15, 0.2) is 11.6 Å². The van der Waals surface area contributed by atoms with Crippen LogP contribution in [0.3, 0.4) is 0 Å². The first-order chi connectivity index (χ1) is 18.6. The van der Waals surface area contributed by atoms with Crippen LogP contribution >= 0.6 is 0 Å². The standard InChI is InChI=1S/C32H50O8/c1-27(2)12-13-31(25(37)39-6)19(14-27)18-8-9-21-28(3)15-20(34)24(36)32(17-33,26(38)40-7)22(28)10-11-29(21,4)30(18,5)16-23(31)35/h8,19-24,33-36H,9-17H2,1-7H3/t19-,20-,21+,22+,23+,24-,28+,29+,30+,31+,32+/m0/s1. The van der Waals surface area contributed by atoms with Gasteiger partial charge in [0.05, 0.1) is 39.1 Å². The Kier molecular flexibility index (Phi) is 6.94. The molecule has 4 N–H and O–H groups in total. The number of esters is 2. The fourth-order valence-electron chi connectivity index (χ4n) is 11.2. The Balaban J connectivity index is 1.65. The maximum absolute atomic E-state index is 13.5. The molecule has 40 heavy (non-hydrogen) atoms. The Morgan fingerprint density at radius 1 is 0.900 bits per heavy atom. The van der Waals surface area contributed by atoms with Crippen molar-refractivity contribution < 1.29 is 39.5 Å². The highest BCUT2D eigenvalue weighted by molar-refractivity contribution is 5.80. The van der Waals surface area contributed by atoms with Gasteiger partial charge in [-0.25, -0.2) is 0 Å². The van der Waals surface area contributed by atoms with E-state index in [4.69, 9.17) is 9.47 Å². The first kappa shape index (κ1) is 30.0. The van der Waals surface area contributed by atoms with E-state index in [-0.39, 0.29) is 34.6 Å². The molecule has 0 bridgehead atoms. The van der Waals surface area contributed by atoms with E-state index in [1.165, 1.54) is 19.8 Å². The zero-order valence-corrected chi connectivity index (χ0v) is 25.3. The summed E-state index contributed by atoms with van der Waals surface area (Å²) in [5.41, 5.74) is -2.61. The van der Waals surface area contributed by atoms with E-state index in [1.807, 2.05) is 0 Å². The molecular formula is C32H50O8. The van der Waals surface area contributed by atoms with Gasteiger partial charge >= 0.3 is 11.9 Å². The second-order valence-corrected chi connectivity index (χ2v) is 15.4. The van der Waals surface area contributed by atoms with Crippen molar-refractivity contribution in [2.45, 2.75) is 104 Å². The average Bonchev–Trinajstić information content (AvgIpc) is 2.89. The van der Waals surface area contributed by atoms with Gasteiger partial charge in [-0.2, -0.15) is 0 Å². The van der Waals surface area contributed by atoms with E-state index in [9.17, 15) is 30.0 Å². The minimum atomic E-state index is -1.60. The van der Waals surface area contributed by atoms with Crippen LogP contribution in [0, 0.1) is 50.2 Å². The average molecular weight is 563 g/mol. The topological polar surface area (TPSA) is 134 Å². The van der Waals surface area contributed by atoms with Gasteiger partial charge in [0.2, 0.25) is 0 Å². The maximum atomic E-state index is 13.5. The summed E-state index contributed by atoms with van der Waals surface area (Å²) in [6.45, 7) is 10.5. The van der Waals surface area contributed by atoms with Gasteiger partial charge in [-0.05, 0) is 90.8 Å². The third-order valence-electron chi connectivity index (χ3n) is 13.5. The molecule has 0 aromatic rings. The fraction of sp³-hybridized carbons (Fsp3) is 0.875. The summed E-state index contributed by atoms with van der Waals surface area (Å²) in [7, 11) is 2.68. The number of methoxy groups -OCH3 is 2. The highest BCUT2D eigenvalue weighted by Gasteiger charge is 2.74. The summed E-state index contributed by atoms with van der Waals surface area (Å²) in [6.07, 6.45) is 3.81. The monoisotopic (exact) mass is 562 g/mol. The predicted molar refractivity (Wildman–Crippen MR) is 148 cm³/mol. The molecule has 0 aromatic heterocycles. The Bertz CT molecular complexity index is 1100. The van der Waals surface area contributed by atoms with Crippen LogP contribution in [0.1, 0.15) is 86.0 Å². The molecule has 0 heterocycles. The van der Waals surface area contributed by atoms with Gasteiger partial charge in [0.1, 0.15) is 10.8 Å². The number of allylic oxidation sites excluding steroid dienone is 2. The second-order valence-electron chi connectivity index (χ2n) is 15.4. The lowest BCUT2D eigenvalue weighted by molar-refractivity contribution is -0.255. The number of rotatable bonds is 3. The number of aliphatic hydroxyl groups excluding tert-OH is 4. The van der Waals surface area contributed by atoms with E-state index in [1.54, 1.807) is 0 Å². The van der Waals surface area contributed by atoms with Crippen LogP contribution in [-0.2, 0) is 19.1 Å². The molecule has 0 amide bonds. The number of carbonyl (C=O) groups excluding carboxylic acids is 2. The van der Waals surface area contributed by atoms with Crippen molar-refractivity contribution in [1.29, 1.82) is 0 Å². The van der Waals surface area contributed by atoms with Crippen LogP contribution in [0.4, 0.5) is 0 Å². The molecule has 4 saturated carbocycles. The highest BCUT2D eigenvalue weighted by Crippen LogP contribution is 2.76. The van der Waals surface area contributed by atoms with Crippen molar-refractivity contribution in [2.24, 2.45) is 50.2 Å². The zero-order chi connectivity index (χ0) is 29.7. The molecule has 5 aliphatic carbocycles. The van der Waals surface area contributed by atoms with Gasteiger partial charge in [0.25, 0.3) is 0 Å². The quantitative estimate of drug-likeness (QED) is 0.304. The van der Waals surface area contributed by atoms with E-state index < -0.39 is 52.5 Å². The number of ether oxygens (including phenoxy) is 2. The smallest absolute Gasteiger partial charge is 0.317 e. The zero-order valence-electron chi connectivity index (χ0n) is 25.3. The summed E-state index contributed by atoms with van der Waals surface area (Å²) in [5, 5.41) is 44.9. The molecular weight excluding hydrogens is 512 g/mol. The SMILES string of the molecule is COC(=O)[C@]12CCC(C)(C)C[C@H]1C1=CC[C@@H]3[C@@]4(C)C[C@H](O)[C@H](O)[C@](CO)(C(=O)OC)[C@@H]4CC[C@@]3(C)[C@]1(C)C[C@H]2O. The third kappa shape index (κ3) is 3.45. The van der Waals surface area contributed by atoms with E-state index >= 15 is 0 Å². The third-order valence-corrected chi connectivity index (χ3v) is 13.5. The van der Waals surface area contributed by atoms with E-state index in [0.29, 0.717) is 32.1 Å². The highest BCUT2D eigenvalue weighted by atomic mass is 16.5. The maximum Gasteiger partial charge on any atom is 0.317 e. The van der Waals surface area contributed by atoms with Crippen LogP contribution in [0.5, 0.6) is 0 Å². The van der Waals surface area contributed by atoms with Crippen molar-refractivity contribution in [3.8, 4) is 0 Å². The van der Waals surface area contributed by atoms with Crippen molar-refractivity contribution in [3.63, 3.8) is 0 Å². The van der Waals surface area contributed by atoms with Gasteiger partial charge in [-0.15, -0.1) is 0 Å². The Morgan fingerprint density at radius 3 is 2.15 bits per heavy atom. The summed E-state index contributed by atoms with van der Waals surface area (Å²) >= 11 is 0. The second kappa shape index (κ2) is 9.26. The van der Waals surface area contributed by atoms with E-state index in [2.05, 4.69) is 40.7 Å². The normalized spacial score (nSPS) is 51.2. The largest absolute Gasteiger partial charge is 0.468 e. The fourth-order valence-corrected chi connectivity index (χ4v) is 11.2. The minimum absolute atomic E-state index is 0.0136. The molecule has 226 valence electrons. The number of hydrogen-bond donors (Lipinski definition) is 4.